The lowest BCUT2D eigenvalue weighted by molar-refractivity contribution is -0.129. The van der Waals surface area contributed by atoms with Crippen molar-refractivity contribution in [1.82, 2.24) is 14.5 Å². The zero-order valence-corrected chi connectivity index (χ0v) is 19.3. The molecule has 6 nitrogen and oxygen atoms in total. The molecule has 1 aliphatic carbocycles. The van der Waals surface area contributed by atoms with Gasteiger partial charge in [-0.1, -0.05) is 35.5 Å². The number of benzene rings is 2. The molecule has 4 rings (SSSR count). The van der Waals surface area contributed by atoms with E-state index in [0.29, 0.717) is 36.5 Å². The minimum Gasteiger partial charge on any atom is -0.497 e. The molecule has 8 heteroatoms. The molecule has 0 radical (unpaired) electrons. The van der Waals surface area contributed by atoms with Crippen LogP contribution in [-0.2, 0) is 22.6 Å². The highest BCUT2D eigenvalue weighted by molar-refractivity contribution is 7.99. The number of hydrogen-bond donors (Lipinski definition) is 0. The Labute approximate surface area is 191 Å². The summed E-state index contributed by atoms with van der Waals surface area (Å²) < 4.78 is 12.6. The standard InChI is InChI=1S/C23H26ClN3O3S/c1-29-12-11-26-21-10-5-17(24)13-20(21)25-23(26)31-15-22(28)27(18-6-7-18)14-16-3-8-19(30-2)9-4-16/h3-5,8-10,13,18H,6-7,11-12,14-15H2,1-2H3. The van der Waals surface area contributed by atoms with Crippen molar-refractivity contribution in [3.8, 4) is 5.75 Å². The smallest absolute Gasteiger partial charge is 0.233 e. The maximum Gasteiger partial charge on any atom is 0.233 e. The first-order chi connectivity index (χ1) is 15.1. The van der Waals surface area contributed by atoms with Crippen LogP contribution >= 0.6 is 23.4 Å². The van der Waals surface area contributed by atoms with Crippen LogP contribution in [0, 0.1) is 0 Å². The van der Waals surface area contributed by atoms with Gasteiger partial charge in [0.25, 0.3) is 0 Å². The van der Waals surface area contributed by atoms with Gasteiger partial charge in [-0.3, -0.25) is 4.79 Å². The van der Waals surface area contributed by atoms with Gasteiger partial charge in [0.2, 0.25) is 5.91 Å². The molecule has 1 aromatic heterocycles. The Morgan fingerprint density at radius 3 is 2.68 bits per heavy atom. The molecule has 2 aromatic carbocycles. The first-order valence-electron chi connectivity index (χ1n) is 10.3. The maximum atomic E-state index is 13.1. The second kappa shape index (κ2) is 9.94. The highest BCUT2D eigenvalue weighted by Gasteiger charge is 2.32. The fourth-order valence-electron chi connectivity index (χ4n) is 3.53. The van der Waals surface area contributed by atoms with Crippen molar-refractivity contribution < 1.29 is 14.3 Å². The van der Waals surface area contributed by atoms with Crippen LogP contribution in [0.15, 0.2) is 47.6 Å². The summed E-state index contributed by atoms with van der Waals surface area (Å²) in [6.07, 6.45) is 2.13. The second-order valence-corrected chi connectivity index (χ2v) is 8.94. The lowest BCUT2D eigenvalue weighted by Crippen LogP contribution is -2.34. The predicted octanol–water partition coefficient (Wildman–Crippen LogP) is 4.63. The number of hydrogen-bond acceptors (Lipinski definition) is 5. The number of carbonyl (C=O) groups excluding carboxylic acids is 1. The monoisotopic (exact) mass is 459 g/mol. The number of halogens is 1. The summed E-state index contributed by atoms with van der Waals surface area (Å²) in [7, 11) is 3.33. The molecular formula is C23H26ClN3O3S. The van der Waals surface area contributed by atoms with E-state index in [1.807, 2.05) is 47.4 Å². The molecule has 31 heavy (non-hydrogen) atoms. The number of fused-ring (bicyclic) bond motifs is 1. The van der Waals surface area contributed by atoms with Crippen LogP contribution < -0.4 is 4.74 Å². The number of imidazole rings is 1. The lowest BCUT2D eigenvalue weighted by atomic mass is 10.2. The molecule has 0 atom stereocenters. The third-order valence-corrected chi connectivity index (χ3v) is 6.54. The number of nitrogens with zero attached hydrogens (tertiary/aromatic N) is 3. The third kappa shape index (κ3) is 5.34. The SMILES string of the molecule is COCCn1c(SCC(=O)N(Cc2ccc(OC)cc2)C2CC2)nc2cc(Cl)ccc21. The minimum atomic E-state index is 0.131. The quantitative estimate of drug-likeness (QED) is 0.414. The molecule has 1 saturated carbocycles. The molecule has 1 aliphatic rings. The van der Waals surface area contributed by atoms with E-state index in [2.05, 4.69) is 4.57 Å². The molecular weight excluding hydrogens is 434 g/mol. The van der Waals surface area contributed by atoms with Gasteiger partial charge >= 0.3 is 0 Å². The Kier molecular flexibility index (Phi) is 7.05. The Hall–Kier alpha value is -2.22. The number of thioether (sulfide) groups is 1. The molecule has 1 heterocycles. The van der Waals surface area contributed by atoms with E-state index in [4.69, 9.17) is 26.1 Å². The van der Waals surface area contributed by atoms with Crippen molar-refractivity contribution in [3.05, 3.63) is 53.1 Å². The summed E-state index contributed by atoms with van der Waals surface area (Å²) >= 11 is 7.61. The molecule has 1 fully saturated rings. The third-order valence-electron chi connectivity index (χ3n) is 5.34. The van der Waals surface area contributed by atoms with Gasteiger partial charge in [0.05, 0.1) is 30.5 Å². The van der Waals surface area contributed by atoms with Gasteiger partial charge in [0.1, 0.15) is 5.75 Å². The lowest BCUT2D eigenvalue weighted by Gasteiger charge is -2.22. The average molecular weight is 460 g/mol. The molecule has 1 amide bonds. The van der Waals surface area contributed by atoms with Crippen LogP contribution in [0.5, 0.6) is 5.75 Å². The fourth-order valence-corrected chi connectivity index (χ4v) is 4.63. The molecule has 3 aromatic rings. The van der Waals surface area contributed by atoms with Crippen molar-refractivity contribution >= 4 is 40.3 Å². The highest BCUT2D eigenvalue weighted by Crippen LogP contribution is 2.31. The van der Waals surface area contributed by atoms with Gasteiger partial charge in [0, 0.05) is 31.3 Å². The zero-order chi connectivity index (χ0) is 21.8. The van der Waals surface area contributed by atoms with Crippen LogP contribution in [0.4, 0.5) is 0 Å². The number of aromatic nitrogens is 2. The maximum absolute atomic E-state index is 13.1. The van der Waals surface area contributed by atoms with E-state index in [-0.39, 0.29) is 5.91 Å². The summed E-state index contributed by atoms with van der Waals surface area (Å²) in [6, 6.07) is 13.9. The molecule has 0 unspecified atom stereocenters. The molecule has 0 saturated heterocycles. The summed E-state index contributed by atoms with van der Waals surface area (Å²) in [4.78, 5) is 19.8. The molecule has 0 aliphatic heterocycles. The van der Waals surface area contributed by atoms with Gasteiger partial charge in [-0.15, -0.1) is 0 Å². The Morgan fingerprint density at radius 2 is 2.00 bits per heavy atom. The molecule has 164 valence electrons. The summed E-state index contributed by atoms with van der Waals surface area (Å²) in [5.74, 6) is 1.29. The fraction of sp³-hybridized carbons (Fsp3) is 0.391. The minimum absolute atomic E-state index is 0.131. The zero-order valence-electron chi connectivity index (χ0n) is 17.7. The van der Waals surface area contributed by atoms with Gasteiger partial charge in [-0.2, -0.15) is 0 Å². The van der Waals surface area contributed by atoms with Gasteiger partial charge in [-0.25, -0.2) is 4.98 Å². The molecule has 0 spiro atoms. The van der Waals surface area contributed by atoms with Crippen LogP contribution in [0.3, 0.4) is 0 Å². The van der Waals surface area contributed by atoms with Gasteiger partial charge in [-0.05, 0) is 48.7 Å². The Bertz CT molecular complexity index is 1050. The van der Waals surface area contributed by atoms with Crippen LogP contribution in [0.1, 0.15) is 18.4 Å². The first-order valence-corrected chi connectivity index (χ1v) is 11.7. The largest absolute Gasteiger partial charge is 0.497 e. The van der Waals surface area contributed by atoms with E-state index in [0.717, 1.165) is 40.3 Å². The van der Waals surface area contributed by atoms with Gasteiger partial charge in [0.15, 0.2) is 5.16 Å². The van der Waals surface area contributed by atoms with E-state index < -0.39 is 0 Å². The van der Waals surface area contributed by atoms with Crippen molar-refractivity contribution in [3.63, 3.8) is 0 Å². The summed E-state index contributed by atoms with van der Waals surface area (Å²) in [5.41, 5.74) is 2.93. The molecule has 0 bridgehead atoms. The van der Waals surface area contributed by atoms with Crippen molar-refractivity contribution in [2.24, 2.45) is 0 Å². The number of amides is 1. The predicted molar refractivity (Wildman–Crippen MR) is 124 cm³/mol. The summed E-state index contributed by atoms with van der Waals surface area (Å²) in [6.45, 7) is 1.86. The second-order valence-electron chi connectivity index (χ2n) is 7.56. The first kappa shape index (κ1) is 22.0. The van der Waals surface area contributed by atoms with Crippen LogP contribution in [0.25, 0.3) is 11.0 Å². The van der Waals surface area contributed by atoms with E-state index in [1.54, 1.807) is 14.2 Å². The number of ether oxygens (including phenoxy) is 2. The Balaban J connectivity index is 1.47. The average Bonchev–Trinajstić information content (AvgIpc) is 3.56. The van der Waals surface area contributed by atoms with E-state index in [1.165, 1.54) is 11.8 Å². The van der Waals surface area contributed by atoms with Crippen LogP contribution in [0.2, 0.25) is 5.02 Å². The van der Waals surface area contributed by atoms with Crippen LogP contribution in [-0.4, -0.2) is 53.0 Å². The van der Waals surface area contributed by atoms with Crippen molar-refractivity contribution in [2.75, 3.05) is 26.6 Å². The topological polar surface area (TPSA) is 56.6 Å². The van der Waals surface area contributed by atoms with Crippen molar-refractivity contribution in [2.45, 2.75) is 37.1 Å². The highest BCUT2D eigenvalue weighted by atomic mass is 35.5. The number of carbonyl (C=O) groups is 1. The number of methoxy groups -OCH3 is 2. The summed E-state index contributed by atoms with van der Waals surface area (Å²) in [5, 5.41) is 1.46. The normalized spacial score (nSPS) is 13.5. The van der Waals surface area contributed by atoms with E-state index in [9.17, 15) is 4.79 Å². The Morgan fingerprint density at radius 1 is 1.23 bits per heavy atom. The van der Waals surface area contributed by atoms with Gasteiger partial charge < -0.3 is 18.9 Å². The van der Waals surface area contributed by atoms with E-state index >= 15 is 0 Å². The molecule has 0 N–H and O–H groups in total. The van der Waals surface area contributed by atoms with Crippen molar-refractivity contribution in [1.29, 1.82) is 0 Å². The number of rotatable bonds is 10.